The molecule has 2 atom stereocenters. The summed E-state index contributed by atoms with van der Waals surface area (Å²) in [6.07, 6.45) is 1.30. The van der Waals surface area contributed by atoms with Gasteiger partial charge in [0.2, 0.25) is 0 Å². The Morgan fingerprint density at radius 3 is 2.73 bits per heavy atom. The van der Waals surface area contributed by atoms with Gasteiger partial charge in [-0.2, -0.15) is 0 Å². The third-order valence-electron chi connectivity index (χ3n) is 3.19. The number of anilines is 1. The van der Waals surface area contributed by atoms with Gasteiger partial charge in [-0.05, 0) is 30.9 Å². The third kappa shape index (κ3) is 2.15. The number of hydrogen-bond donors (Lipinski definition) is 1. The van der Waals surface area contributed by atoms with Crippen molar-refractivity contribution in [3.05, 3.63) is 29.8 Å². The normalized spacial score (nSPS) is 23.1. The Labute approximate surface area is 92.1 Å². The lowest BCUT2D eigenvalue weighted by Crippen LogP contribution is -2.22. The summed E-state index contributed by atoms with van der Waals surface area (Å²) >= 11 is 0. The zero-order chi connectivity index (χ0) is 10.8. The minimum Gasteiger partial charge on any atom is -0.371 e. The van der Waals surface area contributed by atoms with E-state index in [1.165, 1.54) is 30.8 Å². The molecule has 1 unspecified atom stereocenters. The van der Waals surface area contributed by atoms with E-state index in [0.29, 0.717) is 0 Å². The van der Waals surface area contributed by atoms with Gasteiger partial charge in [0.15, 0.2) is 0 Å². The van der Waals surface area contributed by atoms with Crippen LogP contribution in [0.2, 0.25) is 0 Å². The summed E-state index contributed by atoms with van der Waals surface area (Å²) < 4.78 is 0. The summed E-state index contributed by atoms with van der Waals surface area (Å²) in [6, 6.07) is 8.63. The van der Waals surface area contributed by atoms with Crippen molar-refractivity contribution in [2.45, 2.75) is 26.3 Å². The van der Waals surface area contributed by atoms with Crippen molar-refractivity contribution in [1.29, 1.82) is 0 Å². The van der Waals surface area contributed by atoms with Crippen molar-refractivity contribution < 1.29 is 0 Å². The van der Waals surface area contributed by atoms with Crippen LogP contribution in [0.4, 0.5) is 5.69 Å². The topological polar surface area (TPSA) is 29.3 Å². The molecule has 1 aromatic rings. The van der Waals surface area contributed by atoms with E-state index in [-0.39, 0.29) is 6.04 Å². The molecule has 15 heavy (non-hydrogen) atoms. The molecule has 0 amide bonds. The number of benzene rings is 1. The first-order valence-corrected chi connectivity index (χ1v) is 5.78. The Kier molecular flexibility index (Phi) is 2.96. The molecule has 2 N–H and O–H groups in total. The van der Waals surface area contributed by atoms with Gasteiger partial charge in [0.1, 0.15) is 0 Å². The average Bonchev–Trinajstić information content (AvgIpc) is 2.65. The van der Waals surface area contributed by atoms with E-state index < -0.39 is 0 Å². The molecular formula is C13H20N2. The van der Waals surface area contributed by atoms with Crippen molar-refractivity contribution in [2.24, 2.45) is 11.7 Å². The van der Waals surface area contributed by atoms with Gasteiger partial charge in [-0.25, -0.2) is 0 Å². The fourth-order valence-electron chi connectivity index (χ4n) is 2.31. The number of para-hydroxylation sites is 1. The first kappa shape index (κ1) is 10.5. The van der Waals surface area contributed by atoms with E-state index in [0.717, 1.165) is 5.92 Å². The van der Waals surface area contributed by atoms with Crippen LogP contribution in [0.15, 0.2) is 24.3 Å². The zero-order valence-electron chi connectivity index (χ0n) is 9.61. The predicted octanol–water partition coefficient (Wildman–Crippen LogP) is 2.55. The van der Waals surface area contributed by atoms with Crippen LogP contribution in [0.5, 0.6) is 0 Å². The molecule has 1 fully saturated rings. The summed E-state index contributed by atoms with van der Waals surface area (Å²) in [5, 5.41) is 0. The van der Waals surface area contributed by atoms with Crippen molar-refractivity contribution in [3.8, 4) is 0 Å². The lowest BCUT2D eigenvalue weighted by Gasteiger charge is -2.23. The monoisotopic (exact) mass is 204 g/mol. The first-order chi connectivity index (χ1) is 7.18. The van der Waals surface area contributed by atoms with E-state index in [2.05, 4.69) is 43.0 Å². The summed E-state index contributed by atoms with van der Waals surface area (Å²) in [7, 11) is 0. The molecule has 0 aliphatic carbocycles. The van der Waals surface area contributed by atoms with E-state index in [1.807, 2.05) is 0 Å². The van der Waals surface area contributed by atoms with Crippen LogP contribution >= 0.6 is 0 Å². The summed E-state index contributed by atoms with van der Waals surface area (Å²) in [5.41, 5.74) is 8.59. The Morgan fingerprint density at radius 1 is 1.40 bits per heavy atom. The number of rotatable bonds is 2. The van der Waals surface area contributed by atoms with Crippen LogP contribution in [0.3, 0.4) is 0 Å². The Bertz CT molecular complexity index is 333. The van der Waals surface area contributed by atoms with Gasteiger partial charge in [0, 0.05) is 24.8 Å². The van der Waals surface area contributed by atoms with Crippen LogP contribution in [0, 0.1) is 5.92 Å². The van der Waals surface area contributed by atoms with Crippen LogP contribution in [0.1, 0.15) is 31.9 Å². The van der Waals surface area contributed by atoms with Crippen LogP contribution in [-0.4, -0.2) is 13.1 Å². The van der Waals surface area contributed by atoms with Gasteiger partial charge in [0.25, 0.3) is 0 Å². The van der Waals surface area contributed by atoms with Crippen molar-refractivity contribution in [3.63, 3.8) is 0 Å². The molecule has 2 nitrogen and oxygen atoms in total. The molecule has 2 rings (SSSR count). The molecule has 82 valence electrons. The minimum atomic E-state index is 0.122. The van der Waals surface area contributed by atoms with Crippen molar-refractivity contribution >= 4 is 5.69 Å². The smallest absolute Gasteiger partial charge is 0.0414 e. The summed E-state index contributed by atoms with van der Waals surface area (Å²) in [5.74, 6) is 0.811. The zero-order valence-corrected chi connectivity index (χ0v) is 9.61. The Balaban J connectivity index is 2.27. The van der Waals surface area contributed by atoms with Gasteiger partial charge < -0.3 is 10.6 Å². The van der Waals surface area contributed by atoms with E-state index in [4.69, 9.17) is 5.73 Å². The molecule has 0 bridgehead atoms. The summed E-state index contributed by atoms with van der Waals surface area (Å²) in [4.78, 5) is 2.46. The molecule has 1 saturated heterocycles. The standard InChI is InChI=1S/C13H20N2/c1-10-7-8-15(9-10)13-6-4-3-5-12(13)11(2)14/h3-6,10-11H,7-9,14H2,1-2H3/t10?,11-/m1/s1. The third-order valence-corrected chi connectivity index (χ3v) is 3.19. The maximum Gasteiger partial charge on any atom is 0.0414 e. The highest BCUT2D eigenvalue weighted by Gasteiger charge is 2.21. The fraction of sp³-hybridized carbons (Fsp3) is 0.538. The molecule has 0 radical (unpaired) electrons. The van der Waals surface area contributed by atoms with Crippen LogP contribution < -0.4 is 10.6 Å². The molecule has 1 aromatic carbocycles. The maximum absolute atomic E-state index is 5.99. The predicted molar refractivity (Wildman–Crippen MR) is 65.0 cm³/mol. The van der Waals surface area contributed by atoms with Crippen LogP contribution in [-0.2, 0) is 0 Å². The maximum atomic E-state index is 5.99. The average molecular weight is 204 g/mol. The number of hydrogen-bond acceptors (Lipinski definition) is 2. The van der Waals surface area contributed by atoms with Gasteiger partial charge in [-0.3, -0.25) is 0 Å². The SMILES string of the molecule is CC1CCN(c2ccccc2[C@@H](C)N)C1. The Hall–Kier alpha value is -1.02. The molecule has 1 aliphatic rings. The lowest BCUT2D eigenvalue weighted by molar-refractivity contribution is 0.659. The Morgan fingerprint density at radius 2 is 2.13 bits per heavy atom. The highest BCUT2D eigenvalue weighted by atomic mass is 15.2. The molecule has 0 saturated carbocycles. The van der Waals surface area contributed by atoms with Gasteiger partial charge in [-0.1, -0.05) is 25.1 Å². The van der Waals surface area contributed by atoms with Gasteiger partial charge >= 0.3 is 0 Å². The fourth-order valence-corrected chi connectivity index (χ4v) is 2.31. The largest absolute Gasteiger partial charge is 0.371 e. The highest BCUT2D eigenvalue weighted by molar-refractivity contribution is 5.55. The molecule has 1 aliphatic heterocycles. The first-order valence-electron chi connectivity index (χ1n) is 5.78. The van der Waals surface area contributed by atoms with E-state index >= 15 is 0 Å². The van der Waals surface area contributed by atoms with E-state index in [1.54, 1.807) is 0 Å². The molecular weight excluding hydrogens is 184 g/mol. The van der Waals surface area contributed by atoms with Gasteiger partial charge in [0.05, 0.1) is 0 Å². The number of nitrogens with zero attached hydrogens (tertiary/aromatic N) is 1. The summed E-state index contributed by atoms with van der Waals surface area (Å²) in [6.45, 7) is 6.71. The minimum absolute atomic E-state index is 0.122. The quantitative estimate of drug-likeness (QED) is 0.802. The molecule has 0 aromatic heterocycles. The second-order valence-corrected chi connectivity index (χ2v) is 4.69. The van der Waals surface area contributed by atoms with Crippen molar-refractivity contribution in [1.82, 2.24) is 0 Å². The second-order valence-electron chi connectivity index (χ2n) is 4.69. The molecule has 1 heterocycles. The van der Waals surface area contributed by atoms with Gasteiger partial charge in [-0.15, -0.1) is 0 Å². The molecule has 2 heteroatoms. The van der Waals surface area contributed by atoms with E-state index in [9.17, 15) is 0 Å². The lowest BCUT2D eigenvalue weighted by atomic mass is 10.1. The number of nitrogens with two attached hydrogens (primary N) is 1. The van der Waals surface area contributed by atoms with Crippen molar-refractivity contribution in [2.75, 3.05) is 18.0 Å². The highest BCUT2D eigenvalue weighted by Crippen LogP contribution is 2.29. The van der Waals surface area contributed by atoms with Crippen LogP contribution in [0.25, 0.3) is 0 Å². The second kappa shape index (κ2) is 4.23. The molecule has 0 spiro atoms.